The zero-order valence-electron chi connectivity index (χ0n) is 13.3. The van der Waals surface area contributed by atoms with Gasteiger partial charge in [-0.05, 0) is 51.2 Å². The molecule has 0 radical (unpaired) electrons. The largest absolute Gasteiger partial charge is 0.0754 e. The Balaban J connectivity index is 1.81. The van der Waals surface area contributed by atoms with Crippen LogP contribution in [0.2, 0.25) is 0 Å². The number of rotatable bonds is 1. The maximum absolute atomic E-state index is 3.28. The predicted octanol–water partition coefficient (Wildman–Crippen LogP) is 5.98. The van der Waals surface area contributed by atoms with Gasteiger partial charge in [0.1, 0.15) is 0 Å². The maximum atomic E-state index is 3.28. The van der Waals surface area contributed by atoms with Crippen molar-refractivity contribution < 1.29 is 0 Å². The van der Waals surface area contributed by atoms with Gasteiger partial charge in [0.15, 0.2) is 0 Å². The average Bonchev–Trinajstić information content (AvgIpc) is 2.68. The Bertz CT molecular complexity index is 1140. The van der Waals surface area contributed by atoms with E-state index in [2.05, 4.69) is 78.2 Å². The molecule has 0 saturated carbocycles. The van der Waals surface area contributed by atoms with Crippen molar-refractivity contribution in [3.8, 4) is 0 Å². The Morgan fingerprint density at radius 1 is 0.792 bits per heavy atom. The molecule has 0 aliphatic heterocycles. The van der Waals surface area contributed by atoms with Crippen LogP contribution in [-0.4, -0.2) is 0 Å². The smallest absolute Gasteiger partial charge is 0.0142 e. The molecule has 112 valence electrons. The Kier molecular flexibility index (Phi) is 2.93. The quantitative estimate of drug-likeness (QED) is 0.383. The number of fused-ring (bicyclic) bond motifs is 6. The van der Waals surface area contributed by atoms with E-state index in [0.717, 1.165) is 6.42 Å². The van der Waals surface area contributed by atoms with Gasteiger partial charge in [0, 0.05) is 11.5 Å². The third-order valence-corrected chi connectivity index (χ3v) is 5.08. The minimum atomic E-state index is 0.375. The number of hydrogen-bond acceptors (Lipinski definition) is 0. The minimum Gasteiger partial charge on any atom is -0.0754 e. The third kappa shape index (κ3) is 1.95. The summed E-state index contributed by atoms with van der Waals surface area (Å²) in [6.07, 6.45) is 11.8. The second-order valence-electron chi connectivity index (χ2n) is 6.40. The van der Waals surface area contributed by atoms with Crippen molar-refractivity contribution in [2.45, 2.75) is 6.42 Å². The fraction of sp³-hybridized carbons (Fsp3) is 0.0833. The standard InChI is InChI=1S/C24H16/c1-2-8-17(9-3-1)18-14-15-23-21-12-5-4-10-19(21)20-11-6-7-13-22(20)24(23)16-18/h1-2,4-8,10-15,18H,16H2. The lowest BCUT2D eigenvalue weighted by atomic mass is 9.80. The molecule has 0 amide bonds. The van der Waals surface area contributed by atoms with Crippen molar-refractivity contribution in [3.05, 3.63) is 101 Å². The Hall–Kier alpha value is -3.04. The van der Waals surface area contributed by atoms with Crippen LogP contribution in [0, 0.1) is 5.92 Å². The van der Waals surface area contributed by atoms with E-state index in [1.165, 1.54) is 38.2 Å². The molecule has 0 bridgehead atoms. The molecule has 1 unspecified atom stereocenters. The molecular formula is C24H16. The molecule has 0 N–H and O–H groups in total. The normalized spacial score (nSPS) is 18.2. The summed E-state index contributed by atoms with van der Waals surface area (Å²) in [5, 5.41) is 5.42. The molecule has 3 aromatic rings. The second-order valence-corrected chi connectivity index (χ2v) is 6.40. The van der Waals surface area contributed by atoms with Crippen LogP contribution in [0.3, 0.4) is 0 Å². The van der Waals surface area contributed by atoms with E-state index in [-0.39, 0.29) is 0 Å². The first-order valence-electron chi connectivity index (χ1n) is 8.40. The van der Waals surface area contributed by atoms with Crippen LogP contribution in [0.25, 0.3) is 27.6 Å². The van der Waals surface area contributed by atoms with Crippen LogP contribution in [-0.2, 0) is 6.42 Å². The van der Waals surface area contributed by atoms with Crippen molar-refractivity contribution in [1.29, 1.82) is 0 Å². The highest BCUT2D eigenvalue weighted by molar-refractivity contribution is 6.13. The summed E-state index contributed by atoms with van der Waals surface area (Å²) in [6.45, 7) is 0. The van der Waals surface area contributed by atoms with E-state index in [1.54, 1.807) is 0 Å². The Morgan fingerprint density at radius 2 is 1.50 bits per heavy atom. The number of hydrogen-bond donors (Lipinski definition) is 0. The first kappa shape index (κ1) is 13.4. The lowest BCUT2D eigenvalue weighted by Crippen LogP contribution is -2.10. The van der Waals surface area contributed by atoms with Crippen molar-refractivity contribution in [2.24, 2.45) is 5.92 Å². The van der Waals surface area contributed by atoms with Gasteiger partial charge in [0.25, 0.3) is 0 Å². The van der Waals surface area contributed by atoms with Gasteiger partial charge in [-0.1, -0.05) is 78.2 Å². The molecule has 24 heavy (non-hydrogen) atoms. The summed E-state index contributed by atoms with van der Waals surface area (Å²) in [6, 6.07) is 17.5. The van der Waals surface area contributed by atoms with E-state index in [1.807, 2.05) is 12.2 Å². The predicted molar refractivity (Wildman–Crippen MR) is 102 cm³/mol. The highest BCUT2D eigenvalue weighted by Gasteiger charge is 2.21. The first-order chi connectivity index (χ1) is 11.9. The average molecular weight is 304 g/mol. The van der Waals surface area contributed by atoms with E-state index in [4.69, 9.17) is 0 Å². The van der Waals surface area contributed by atoms with Crippen LogP contribution >= 0.6 is 0 Å². The molecule has 0 heteroatoms. The van der Waals surface area contributed by atoms with Crippen LogP contribution in [0.1, 0.15) is 11.1 Å². The number of allylic oxidation sites excluding steroid dienone is 5. The van der Waals surface area contributed by atoms with E-state index in [0.29, 0.717) is 5.92 Å². The maximum Gasteiger partial charge on any atom is 0.0142 e. The summed E-state index contributed by atoms with van der Waals surface area (Å²) in [5.41, 5.74) is 10.4. The molecule has 0 heterocycles. The van der Waals surface area contributed by atoms with Crippen molar-refractivity contribution in [3.63, 3.8) is 0 Å². The molecule has 5 rings (SSSR count). The fourth-order valence-corrected chi connectivity index (χ4v) is 3.95. The zero-order chi connectivity index (χ0) is 15.9. The summed E-state index contributed by atoms with van der Waals surface area (Å²) in [7, 11) is 0. The summed E-state index contributed by atoms with van der Waals surface area (Å²) in [5.74, 6) is 0.375. The molecule has 2 aliphatic carbocycles. The molecule has 0 aromatic heterocycles. The zero-order valence-corrected chi connectivity index (χ0v) is 13.3. The SMILES string of the molecule is C1=C=C(C2C=Cc3c(c4ccccc4c4ccccc34)C2)C=CC=1. The molecule has 2 aliphatic rings. The summed E-state index contributed by atoms with van der Waals surface area (Å²) < 4.78 is 0. The second kappa shape index (κ2) is 5.25. The van der Waals surface area contributed by atoms with Gasteiger partial charge in [-0.3, -0.25) is 0 Å². The van der Waals surface area contributed by atoms with Crippen molar-refractivity contribution in [1.82, 2.24) is 0 Å². The Morgan fingerprint density at radius 3 is 2.25 bits per heavy atom. The van der Waals surface area contributed by atoms with Gasteiger partial charge in [-0.25, -0.2) is 0 Å². The molecule has 0 fully saturated rings. The highest BCUT2D eigenvalue weighted by atomic mass is 14.2. The van der Waals surface area contributed by atoms with E-state index in [9.17, 15) is 0 Å². The minimum absolute atomic E-state index is 0.375. The van der Waals surface area contributed by atoms with Crippen LogP contribution in [0.15, 0.2) is 89.9 Å². The third-order valence-electron chi connectivity index (χ3n) is 5.08. The van der Waals surface area contributed by atoms with Crippen molar-refractivity contribution >= 4 is 27.6 Å². The first-order valence-corrected chi connectivity index (χ1v) is 8.40. The van der Waals surface area contributed by atoms with E-state index < -0.39 is 0 Å². The van der Waals surface area contributed by atoms with Crippen molar-refractivity contribution in [2.75, 3.05) is 0 Å². The molecule has 0 saturated heterocycles. The Labute approximate surface area is 141 Å². The van der Waals surface area contributed by atoms with Crippen LogP contribution in [0.5, 0.6) is 0 Å². The lowest BCUT2D eigenvalue weighted by molar-refractivity contribution is 0.771. The topological polar surface area (TPSA) is 0 Å². The highest BCUT2D eigenvalue weighted by Crippen LogP contribution is 2.38. The lowest BCUT2D eigenvalue weighted by Gasteiger charge is -2.23. The van der Waals surface area contributed by atoms with Gasteiger partial charge in [-0.2, -0.15) is 0 Å². The molecule has 1 atom stereocenters. The number of benzene rings is 3. The van der Waals surface area contributed by atoms with Gasteiger partial charge < -0.3 is 0 Å². The van der Waals surface area contributed by atoms with Gasteiger partial charge >= 0.3 is 0 Å². The summed E-state index contributed by atoms with van der Waals surface area (Å²) >= 11 is 0. The fourth-order valence-electron chi connectivity index (χ4n) is 3.95. The molecule has 0 nitrogen and oxygen atoms in total. The van der Waals surface area contributed by atoms with Gasteiger partial charge in [0.05, 0.1) is 0 Å². The molecule has 3 aromatic carbocycles. The molecule has 0 spiro atoms. The van der Waals surface area contributed by atoms with Gasteiger partial charge in [-0.15, -0.1) is 0 Å². The molecular weight excluding hydrogens is 288 g/mol. The summed E-state index contributed by atoms with van der Waals surface area (Å²) in [4.78, 5) is 0. The van der Waals surface area contributed by atoms with Crippen LogP contribution < -0.4 is 0 Å². The van der Waals surface area contributed by atoms with Gasteiger partial charge in [0.2, 0.25) is 0 Å². The van der Waals surface area contributed by atoms with E-state index >= 15 is 0 Å². The monoisotopic (exact) mass is 304 g/mol. The van der Waals surface area contributed by atoms with Crippen LogP contribution in [0.4, 0.5) is 0 Å².